The molecular formula is C18H25N3O3S. The van der Waals surface area contributed by atoms with E-state index < -0.39 is 0 Å². The minimum absolute atomic E-state index is 0.0125. The number of hydrogen-bond donors (Lipinski definition) is 0. The van der Waals surface area contributed by atoms with E-state index in [1.165, 1.54) is 11.3 Å². The molecule has 1 aromatic heterocycles. The maximum atomic E-state index is 12.9. The number of thiophene rings is 1. The molecule has 0 unspecified atom stereocenters. The van der Waals surface area contributed by atoms with Gasteiger partial charge in [0, 0.05) is 62.9 Å². The van der Waals surface area contributed by atoms with Crippen LogP contribution in [0.2, 0.25) is 0 Å². The molecule has 1 atom stereocenters. The maximum absolute atomic E-state index is 12.9. The molecule has 6 nitrogen and oxygen atoms in total. The monoisotopic (exact) mass is 363 g/mol. The van der Waals surface area contributed by atoms with Gasteiger partial charge in [0.2, 0.25) is 11.8 Å². The Morgan fingerprint density at radius 2 is 1.84 bits per heavy atom. The lowest BCUT2D eigenvalue weighted by Crippen LogP contribution is -2.45. The fraction of sp³-hybridized carbons (Fsp3) is 0.611. The van der Waals surface area contributed by atoms with Crippen LogP contribution in [-0.4, -0.2) is 72.2 Å². The molecule has 3 amide bonds. The third-order valence-electron chi connectivity index (χ3n) is 5.08. The summed E-state index contributed by atoms with van der Waals surface area (Å²) >= 11 is 1.50. The quantitative estimate of drug-likeness (QED) is 0.801. The molecule has 136 valence electrons. The molecule has 1 aromatic rings. The second kappa shape index (κ2) is 6.78. The lowest BCUT2D eigenvalue weighted by Gasteiger charge is -2.33. The number of amides is 3. The topological polar surface area (TPSA) is 60.9 Å². The normalized spacial score (nSPS) is 24.3. The van der Waals surface area contributed by atoms with Crippen LogP contribution in [-0.2, 0) is 9.59 Å². The Morgan fingerprint density at radius 1 is 1.16 bits per heavy atom. The van der Waals surface area contributed by atoms with Gasteiger partial charge in [0.25, 0.3) is 5.91 Å². The molecule has 3 heterocycles. The van der Waals surface area contributed by atoms with E-state index in [0.717, 1.165) is 0 Å². The number of carbonyl (C=O) groups excluding carboxylic acids is 3. The molecule has 2 fully saturated rings. The first-order valence-electron chi connectivity index (χ1n) is 8.65. The molecule has 2 saturated heterocycles. The molecule has 0 bridgehead atoms. The highest BCUT2D eigenvalue weighted by molar-refractivity contribution is 7.08. The number of nitrogens with zero attached hydrogens (tertiary/aromatic N) is 3. The van der Waals surface area contributed by atoms with Gasteiger partial charge in [-0.1, -0.05) is 13.8 Å². The molecule has 25 heavy (non-hydrogen) atoms. The molecule has 2 aliphatic rings. The second-order valence-corrected chi connectivity index (χ2v) is 8.36. The van der Waals surface area contributed by atoms with Gasteiger partial charge in [-0.05, 0) is 11.4 Å². The zero-order chi connectivity index (χ0) is 18.2. The van der Waals surface area contributed by atoms with Crippen molar-refractivity contribution in [3.8, 4) is 0 Å². The Morgan fingerprint density at radius 3 is 2.40 bits per heavy atom. The van der Waals surface area contributed by atoms with Crippen LogP contribution < -0.4 is 0 Å². The van der Waals surface area contributed by atoms with Crippen LogP contribution in [0.5, 0.6) is 0 Å². The average Bonchev–Trinajstić information content (AvgIpc) is 3.13. The number of rotatable bonds is 2. The van der Waals surface area contributed by atoms with Crippen molar-refractivity contribution >= 4 is 29.1 Å². The summed E-state index contributed by atoms with van der Waals surface area (Å²) in [4.78, 5) is 43.0. The zero-order valence-corrected chi connectivity index (χ0v) is 15.8. The fourth-order valence-electron chi connectivity index (χ4n) is 3.87. The lowest BCUT2D eigenvalue weighted by molar-refractivity contribution is -0.135. The van der Waals surface area contributed by atoms with E-state index in [0.29, 0.717) is 44.7 Å². The van der Waals surface area contributed by atoms with Crippen LogP contribution in [0.4, 0.5) is 0 Å². The van der Waals surface area contributed by atoms with E-state index in [1.54, 1.807) is 11.9 Å². The van der Waals surface area contributed by atoms with Crippen molar-refractivity contribution < 1.29 is 14.4 Å². The molecule has 2 aliphatic heterocycles. The number of likely N-dealkylation sites (tertiary alicyclic amines) is 1. The van der Waals surface area contributed by atoms with Crippen molar-refractivity contribution in [3.05, 3.63) is 22.4 Å². The van der Waals surface area contributed by atoms with E-state index in [2.05, 4.69) is 0 Å². The van der Waals surface area contributed by atoms with Crippen LogP contribution >= 0.6 is 11.3 Å². The predicted molar refractivity (Wildman–Crippen MR) is 96.3 cm³/mol. The maximum Gasteiger partial charge on any atom is 0.254 e. The van der Waals surface area contributed by atoms with Crippen molar-refractivity contribution in [2.75, 3.05) is 39.8 Å². The van der Waals surface area contributed by atoms with E-state index in [1.807, 2.05) is 40.5 Å². The Bertz CT molecular complexity index is 673. The van der Waals surface area contributed by atoms with Gasteiger partial charge in [-0.15, -0.1) is 0 Å². The predicted octanol–water partition coefficient (Wildman–Crippen LogP) is 1.54. The Labute approximate surface area is 152 Å². The highest BCUT2D eigenvalue weighted by atomic mass is 32.1. The summed E-state index contributed by atoms with van der Waals surface area (Å²) < 4.78 is 0. The van der Waals surface area contributed by atoms with Gasteiger partial charge < -0.3 is 14.7 Å². The minimum atomic E-state index is -0.376. The van der Waals surface area contributed by atoms with E-state index in [-0.39, 0.29) is 29.1 Å². The lowest BCUT2D eigenvalue weighted by atomic mass is 9.85. The van der Waals surface area contributed by atoms with Gasteiger partial charge in [-0.2, -0.15) is 11.3 Å². The van der Waals surface area contributed by atoms with Crippen molar-refractivity contribution in [1.29, 1.82) is 0 Å². The summed E-state index contributed by atoms with van der Waals surface area (Å²) in [6.45, 7) is 6.44. The van der Waals surface area contributed by atoms with Gasteiger partial charge in [0.05, 0.1) is 5.56 Å². The summed E-state index contributed by atoms with van der Waals surface area (Å²) in [6, 6.07) is 1.83. The third kappa shape index (κ3) is 3.56. The fourth-order valence-corrected chi connectivity index (χ4v) is 4.50. The van der Waals surface area contributed by atoms with Gasteiger partial charge in [-0.25, -0.2) is 0 Å². The van der Waals surface area contributed by atoms with Crippen molar-refractivity contribution in [2.24, 2.45) is 11.3 Å². The van der Waals surface area contributed by atoms with Crippen LogP contribution in [0, 0.1) is 11.3 Å². The first-order valence-corrected chi connectivity index (χ1v) is 9.60. The van der Waals surface area contributed by atoms with Gasteiger partial charge >= 0.3 is 0 Å². The number of carbonyl (C=O) groups is 3. The van der Waals surface area contributed by atoms with Crippen molar-refractivity contribution in [2.45, 2.75) is 20.3 Å². The molecule has 0 saturated carbocycles. The Hall–Kier alpha value is -1.89. The number of hydrogen-bond acceptors (Lipinski definition) is 4. The third-order valence-corrected chi connectivity index (χ3v) is 5.76. The SMILES string of the molecule is CC(C)C(=O)N1CCN(C(=O)c2ccsc2)C[C@]2(CC(=O)N(C)C2)C1. The van der Waals surface area contributed by atoms with Crippen LogP contribution in [0.1, 0.15) is 30.6 Å². The zero-order valence-electron chi connectivity index (χ0n) is 15.0. The second-order valence-electron chi connectivity index (χ2n) is 7.58. The molecule has 1 spiro atoms. The highest BCUT2D eigenvalue weighted by Gasteiger charge is 2.47. The summed E-state index contributed by atoms with van der Waals surface area (Å²) in [7, 11) is 1.79. The van der Waals surface area contributed by atoms with Crippen LogP contribution in [0.3, 0.4) is 0 Å². The van der Waals surface area contributed by atoms with Crippen LogP contribution in [0.25, 0.3) is 0 Å². The molecule has 0 radical (unpaired) electrons. The Balaban J connectivity index is 1.88. The van der Waals surface area contributed by atoms with Crippen LogP contribution in [0.15, 0.2) is 16.8 Å². The first-order chi connectivity index (χ1) is 11.8. The summed E-state index contributed by atoms with van der Waals surface area (Å²) in [5.74, 6) is 0.0699. The summed E-state index contributed by atoms with van der Waals surface area (Å²) in [5.41, 5.74) is 0.305. The minimum Gasteiger partial charge on any atom is -0.345 e. The van der Waals surface area contributed by atoms with Crippen molar-refractivity contribution in [1.82, 2.24) is 14.7 Å². The largest absolute Gasteiger partial charge is 0.345 e. The van der Waals surface area contributed by atoms with Crippen molar-refractivity contribution in [3.63, 3.8) is 0 Å². The van der Waals surface area contributed by atoms with E-state index in [4.69, 9.17) is 0 Å². The van der Waals surface area contributed by atoms with Gasteiger partial charge in [-0.3, -0.25) is 14.4 Å². The van der Waals surface area contributed by atoms with E-state index in [9.17, 15) is 14.4 Å². The average molecular weight is 363 g/mol. The van der Waals surface area contributed by atoms with Gasteiger partial charge in [0.15, 0.2) is 0 Å². The molecule has 0 aromatic carbocycles. The first kappa shape index (κ1) is 17.9. The molecular weight excluding hydrogens is 338 g/mol. The smallest absolute Gasteiger partial charge is 0.254 e. The molecule has 3 rings (SSSR count). The molecule has 0 aliphatic carbocycles. The molecule has 0 N–H and O–H groups in total. The highest BCUT2D eigenvalue weighted by Crippen LogP contribution is 2.35. The standard InChI is InChI=1S/C18H25N3O3S/c1-13(2)16(23)20-5-6-21(17(24)14-4-7-25-9-14)12-18(11-20)8-15(22)19(3)10-18/h4,7,9,13H,5-6,8,10-12H2,1-3H3/t18-/m0/s1. The summed E-state index contributed by atoms with van der Waals surface area (Å²) in [5, 5.41) is 3.74. The summed E-state index contributed by atoms with van der Waals surface area (Å²) in [6.07, 6.45) is 0.388. The molecule has 7 heteroatoms. The Kier molecular flexibility index (Phi) is 4.86. The van der Waals surface area contributed by atoms with E-state index >= 15 is 0 Å². The van der Waals surface area contributed by atoms with Gasteiger partial charge in [0.1, 0.15) is 0 Å².